The van der Waals surface area contributed by atoms with Gasteiger partial charge in [-0.3, -0.25) is 9.48 Å². The Morgan fingerprint density at radius 2 is 1.84 bits per heavy atom. The summed E-state index contributed by atoms with van der Waals surface area (Å²) in [6, 6.07) is 14.4. The van der Waals surface area contributed by atoms with E-state index in [1.807, 2.05) is 32.2 Å². The summed E-state index contributed by atoms with van der Waals surface area (Å²) >= 11 is 0. The number of hydrogen-bond acceptors (Lipinski definition) is 2. The van der Waals surface area contributed by atoms with Crippen LogP contribution in [-0.2, 0) is 7.05 Å². The quantitative estimate of drug-likeness (QED) is 0.654. The fourth-order valence-electron chi connectivity index (χ4n) is 2.49. The molecule has 0 saturated heterocycles. The summed E-state index contributed by atoms with van der Waals surface area (Å²) in [6.45, 7) is 1.86. The van der Waals surface area contributed by atoms with Gasteiger partial charge in [0.15, 0.2) is 6.29 Å². The number of aldehydes is 1. The smallest absolute Gasteiger partial charge is 0.154 e. The van der Waals surface area contributed by atoms with Crippen molar-refractivity contribution < 1.29 is 4.79 Å². The van der Waals surface area contributed by atoms with Gasteiger partial charge in [0.25, 0.3) is 0 Å². The van der Waals surface area contributed by atoms with E-state index in [0.717, 1.165) is 28.6 Å². The number of rotatable bonds is 2. The fourth-order valence-corrected chi connectivity index (χ4v) is 2.49. The van der Waals surface area contributed by atoms with E-state index in [1.165, 1.54) is 5.39 Å². The lowest BCUT2D eigenvalue weighted by Crippen LogP contribution is -1.95. The molecule has 0 aliphatic carbocycles. The molecule has 0 aliphatic rings. The summed E-state index contributed by atoms with van der Waals surface area (Å²) < 4.78 is 1.77. The van der Waals surface area contributed by atoms with Crippen molar-refractivity contribution in [3.05, 3.63) is 53.7 Å². The van der Waals surface area contributed by atoms with Gasteiger partial charge >= 0.3 is 0 Å². The largest absolute Gasteiger partial charge is 0.298 e. The topological polar surface area (TPSA) is 34.9 Å². The molecule has 0 unspecified atom stereocenters. The van der Waals surface area contributed by atoms with Crippen LogP contribution >= 0.6 is 0 Å². The van der Waals surface area contributed by atoms with Crippen molar-refractivity contribution in [2.75, 3.05) is 0 Å². The Morgan fingerprint density at radius 3 is 2.58 bits per heavy atom. The van der Waals surface area contributed by atoms with E-state index >= 15 is 0 Å². The summed E-state index contributed by atoms with van der Waals surface area (Å²) in [5.74, 6) is 0. The first kappa shape index (κ1) is 11.7. The maximum Gasteiger partial charge on any atom is 0.154 e. The fraction of sp³-hybridized carbons (Fsp3) is 0.125. The predicted molar refractivity (Wildman–Crippen MR) is 76.3 cm³/mol. The van der Waals surface area contributed by atoms with Crippen LogP contribution in [0.1, 0.15) is 16.1 Å². The summed E-state index contributed by atoms with van der Waals surface area (Å²) in [5.41, 5.74) is 3.32. The maximum atomic E-state index is 11.2. The third-order valence-corrected chi connectivity index (χ3v) is 3.41. The third kappa shape index (κ3) is 1.83. The Morgan fingerprint density at radius 1 is 1.11 bits per heavy atom. The van der Waals surface area contributed by atoms with Gasteiger partial charge in [0.1, 0.15) is 0 Å². The molecule has 0 aliphatic heterocycles. The van der Waals surface area contributed by atoms with Crippen LogP contribution in [0, 0.1) is 6.92 Å². The number of fused-ring (bicyclic) bond motifs is 1. The molecule has 0 bridgehead atoms. The predicted octanol–water partition coefficient (Wildman–Crippen LogP) is 3.36. The van der Waals surface area contributed by atoms with Crippen molar-refractivity contribution >= 4 is 17.1 Å². The molecule has 0 radical (unpaired) electrons. The van der Waals surface area contributed by atoms with Crippen molar-refractivity contribution in [2.45, 2.75) is 6.92 Å². The van der Waals surface area contributed by atoms with E-state index in [-0.39, 0.29) is 0 Å². The first-order valence-corrected chi connectivity index (χ1v) is 6.18. The SMILES string of the molecule is Cc1nn(C)c(-c2ccc3ccccc3c2)c1C=O. The minimum atomic E-state index is 0.665. The van der Waals surface area contributed by atoms with Crippen LogP contribution in [0.3, 0.4) is 0 Å². The van der Waals surface area contributed by atoms with E-state index in [9.17, 15) is 4.79 Å². The monoisotopic (exact) mass is 250 g/mol. The Balaban J connectivity index is 2.27. The lowest BCUT2D eigenvalue weighted by Gasteiger charge is -2.05. The van der Waals surface area contributed by atoms with Gasteiger partial charge in [-0.1, -0.05) is 36.4 Å². The lowest BCUT2D eigenvalue weighted by molar-refractivity contribution is 0.112. The Kier molecular flexibility index (Phi) is 2.67. The minimum absolute atomic E-state index is 0.665. The van der Waals surface area contributed by atoms with Gasteiger partial charge in [-0.15, -0.1) is 0 Å². The van der Waals surface area contributed by atoms with Gasteiger partial charge in [-0.25, -0.2) is 0 Å². The molecule has 0 fully saturated rings. The van der Waals surface area contributed by atoms with Gasteiger partial charge < -0.3 is 0 Å². The maximum absolute atomic E-state index is 11.2. The first-order chi connectivity index (χ1) is 9.20. The summed E-state index contributed by atoms with van der Waals surface area (Å²) in [7, 11) is 1.87. The molecule has 3 rings (SSSR count). The minimum Gasteiger partial charge on any atom is -0.298 e. The molecule has 0 atom stereocenters. The van der Waals surface area contributed by atoms with Crippen LogP contribution in [-0.4, -0.2) is 16.1 Å². The molecule has 2 aromatic carbocycles. The zero-order valence-corrected chi connectivity index (χ0v) is 10.9. The van der Waals surface area contributed by atoms with Crippen molar-refractivity contribution in [3.8, 4) is 11.3 Å². The lowest BCUT2D eigenvalue weighted by atomic mass is 10.0. The van der Waals surface area contributed by atoms with Crippen LogP contribution < -0.4 is 0 Å². The third-order valence-electron chi connectivity index (χ3n) is 3.41. The average molecular weight is 250 g/mol. The molecule has 0 spiro atoms. The van der Waals surface area contributed by atoms with Crippen LogP contribution in [0.25, 0.3) is 22.0 Å². The zero-order chi connectivity index (χ0) is 13.4. The Hall–Kier alpha value is -2.42. The Labute approximate surface area is 111 Å². The molecule has 0 amide bonds. The molecular formula is C16H14N2O. The van der Waals surface area contributed by atoms with Crippen molar-refractivity contribution in [3.63, 3.8) is 0 Å². The van der Waals surface area contributed by atoms with Crippen molar-refractivity contribution in [1.82, 2.24) is 9.78 Å². The van der Waals surface area contributed by atoms with Crippen LogP contribution in [0.4, 0.5) is 0 Å². The highest BCUT2D eigenvalue weighted by atomic mass is 16.1. The standard InChI is InChI=1S/C16H14N2O/c1-11-15(10-19)16(18(2)17-11)14-8-7-12-5-3-4-6-13(12)9-14/h3-10H,1-2H3. The number of carbonyl (C=O) groups excluding carboxylic acids is 1. The molecular weight excluding hydrogens is 236 g/mol. The molecule has 3 heteroatoms. The second-order valence-electron chi connectivity index (χ2n) is 4.65. The molecule has 94 valence electrons. The van der Waals surface area contributed by atoms with Gasteiger partial charge in [-0.2, -0.15) is 5.10 Å². The second-order valence-corrected chi connectivity index (χ2v) is 4.65. The van der Waals surface area contributed by atoms with Crippen molar-refractivity contribution in [2.24, 2.45) is 7.05 Å². The molecule has 3 aromatic rings. The number of benzene rings is 2. The second kappa shape index (κ2) is 4.35. The summed E-state index contributed by atoms with van der Waals surface area (Å²) in [5, 5.41) is 6.68. The average Bonchev–Trinajstić information content (AvgIpc) is 2.72. The molecule has 0 saturated carbocycles. The normalized spacial score (nSPS) is 10.8. The number of aryl methyl sites for hydroxylation is 2. The molecule has 1 heterocycles. The van der Waals surface area contributed by atoms with E-state index in [2.05, 4.69) is 29.4 Å². The van der Waals surface area contributed by atoms with Gasteiger partial charge in [0.05, 0.1) is 17.0 Å². The summed E-state index contributed by atoms with van der Waals surface area (Å²) in [6.07, 6.45) is 0.882. The molecule has 1 aromatic heterocycles. The summed E-state index contributed by atoms with van der Waals surface area (Å²) in [4.78, 5) is 11.2. The van der Waals surface area contributed by atoms with E-state index < -0.39 is 0 Å². The van der Waals surface area contributed by atoms with Crippen LogP contribution in [0.15, 0.2) is 42.5 Å². The molecule has 19 heavy (non-hydrogen) atoms. The van der Waals surface area contributed by atoms with E-state index in [1.54, 1.807) is 4.68 Å². The molecule has 3 nitrogen and oxygen atoms in total. The number of carbonyl (C=O) groups is 1. The highest BCUT2D eigenvalue weighted by Crippen LogP contribution is 2.27. The van der Waals surface area contributed by atoms with Crippen LogP contribution in [0.5, 0.6) is 0 Å². The zero-order valence-electron chi connectivity index (χ0n) is 10.9. The number of hydrogen-bond donors (Lipinski definition) is 0. The van der Waals surface area contributed by atoms with Gasteiger partial charge in [0.2, 0.25) is 0 Å². The number of nitrogens with zero attached hydrogens (tertiary/aromatic N) is 2. The van der Waals surface area contributed by atoms with E-state index in [4.69, 9.17) is 0 Å². The first-order valence-electron chi connectivity index (χ1n) is 6.18. The van der Waals surface area contributed by atoms with E-state index in [0.29, 0.717) is 5.56 Å². The highest BCUT2D eigenvalue weighted by molar-refractivity contribution is 5.92. The van der Waals surface area contributed by atoms with Gasteiger partial charge in [-0.05, 0) is 23.8 Å². The van der Waals surface area contributed by atoms with Crippen molar-refractivity contribution in [1.29, 1.82) is 0 Å². The van der Waals surface area contributed by atoms with Crippen LogP contribution in [0.2, 0.25) is 0 Å². The highest BCUT2D eigenvalue weighted by Gasteiger charge is 2.14. The Bertz CT molecular complexity index is 772. The molecule has 0 N–H and O–H groups in total. The number of aromatic nitrogens is 2. The van der Waals surface area contributed by atoms with Gasteiger partial charge in [0, 0.05) is 12.6 Å².